The summed E-state index contributed by atoms with van der Waals surface area (Å²) in [5.74, 6) is 1.18. The number of hydrogen-bond acceptors (Lipinski definition) is 5. The van der Waals surface area contributed by atoms with Gasteiger partial charge in [-0.2, -0.15) is 4.37 Å². The lowest BCUT2D eigenvalue weighted by Gasteiger charge is -2.39. The lowest BCUT2D eigenvalue weighted by Crippen LogP contribution is -2.54. The summed E-state index contributed by atoms with van der Waals surface area (Å²) in [6, 6.07) is 8.75. The van der Waals surface area contributed by atoms with Gasteiger partial charge >= 0.3 is 0 Å². The number of hydrogen-bond donors (Lipinski definition) is 0. The molecule has 146 valence electrons. The van der Waals surface area contributed by atoms with Crippen LogP contribution < -0.4 is 4.90 Å². The van der Waals surface area contributed by atoms with Gasteiger partial charge in [-0.15, -0.1) is 0 Å². The summed E-state index contributed by atoms with van der Waals surface area (Å²) in [6.07, 6.45) is 4.73. The van der Waals surface area contributed by atoms with Gasteiger partial charge in [-0.05, 0) is 25.8 Å². The van der Waals surface area contributed by atoms with E-state index in [9.17, 15) is 4.79 Å². The zero-order valence-electron chi connectivity index (χ0n) is 16.6. The average Bonchev–Trinajstić information content (AvgIpc) is 3.12. The molecule has 1 saturated heterocycles. The van der Waals surface area contributed by atoms with Crippen LogP contribution in [-0.4, -0.2) is 45.8 Å². The van der Waals surface area contributed by atoms with Gasteiger partial charge in [0.2, 0.25) is 11.0 Å². The molecular weight excluding hydrogens is 356 g/mol. The molecule has 0 bridgehead atoms. The minimum atomic E-state index is 0.220. The van der Waals surface area contributed by atoms with Crippen molar-refractivity contribution in [2.45, 2.75) is 58.9 Å². The van der Waals surface area contributed by atoms with Crippen LogP contribution in [0.15, 0.2) is 24.3 Å². The van der Waals surface area contributed by atoms with Crippen LogP contribution in [-0.2, 0) is 11.2 Å². The Bertz CT molecular complexity index is 743. The van der Waals surface area contributed by atoms with Crippen molar-refractivity contribution in [1.29, 1.82) is 0 Å². The van der Waals surface area contributed by atoms with Crippen molar-refractivity contribution in [3.63, 3.8) is 0 Å². The fourth-order valence-corrected chi connectivity index (χ4v) is 4.23. The van der Waals surface area contributed by atoms with Gasteiger partial charge in [0.25, 0.3) is 0 Å². The summed E-state index contributed by atoms with van der Waals surface area (Å²) in [5.41, 5.74) is 2.50. The molecule has 1 aromatic heterocycles. The number of nitrogens with zero attached hydrogens (tertiary/aromatic N) is 4. The van der Waals surface area contributed by atoms with Crippen LogP contribution >= 0.6 is 11.5 Å². The largest absolute Gasteiger partial charge is 0.343 e. The normalized spacial score (nSPS) is 17.4. The Kier molecular flexibility index (Phi) is 6.83. The first-order valence-electron chi connectivity index (χ1n) is 9.99. The fraction of sp³-hybridized carbons (Fsp3) is 0.571. The predicted octanol–water partition coefficient (Wildman–Crippen LogP) is 4.05. The molecule has 0 aliphatic carbocycles. The molecule has 3 rings (SSSR count). The zero-order valence-corrected chi connectivity index (χ0v) is 17.5. The average molecular weight is 387 g/mol. The first-order valence-corrected chi connectivity index (χ1v) is 10.8. The number of aromatic nitrogens is 2. The minimum Gasteiger partial charge on any atom is -0.343 e. The van der Waals surface area contributed by atoms with E-state index in [4.69, 9.17) is 4.98 Å². The highest BCUT2D eigenvalue weighted by Gasteiger charge is 2.28. The molecule has 1 atom stereocenters. The van der Waals surface area contributed by atoms with Gasteiger partial charge in [-0.25, -0.2) is 4.98 Å². The molecule has 1 amide bonds. The highest BCUT2D eigenvalue weighted by atomic mass is 32.1. The van der Waals surface area contributed by atoms with Crippen molar-refractivity contribution in [3.8, 4) is 0 Å². The number of benzene rings is 1. The van der Waals surface area contributed by atoms with Crippen LogP contribution in [0.1, 0.15) is 56.5 Å². The summed E-state index contributed by atoms with van der Waals surface area (Å²) in [4.78, 5) is 21.5. The van der Waals surface area contributed by atoms with E-state index < -0.39 is 0 Å². The van der Waals surface area contributed by atoms with Crippen LogP contribution in [0.2, 0.25) is 0 Å². The van der Waals surface area contributed by atoms with Crippen molar-refractivity contribution in [2.75, 3.05) is 24.5 Å². The Labute approximate surface area is 166 Å². The van der Waals surface area contributed by atoms with Crippen LogP contribution in [0.5, 0.6) is 0 Å². The molecule has 0 saturated carbocycles. The Hall–Kier alpha value is -1.95. The van der Waals surface area contributed by atoms with Crippen molar-refractivity contribution in [2.24, 2.45) is 0 Å². The molecule has 1 aliphatic rings. The molecular formula is C21H30N4OS. The van der Waals surface area contributed by atoms with Crippen LogP contribution in [0.3, 0.4) is 0 Å². The number of piperazine rings is 1. The van der Waals surface area contributed by atoms with Gasteiger partial charge in [-0.3, -0.25) is 4.79 Å². The predicted molar refractivity (Wildman–Crippen MR) is 111 cm³/mol. The summed E-state index contributed by atoms with van der Waals surface area (Å²) < 4.78 is 4.55. The molecule has 0 spiro atoms. The SMILES string of the molecule is CCCCCC(=O)N1CCN(c2nc(Cc3ccc(C)cc3)ns2)C[C@H]1C. The second kappa shape index (κ2) is 9.31. The van der Waals surface area contributed by atoms with E-state index in [1.807, 2.05) is 4.90 Å². The Morgan fingerprint density at radius 3 is 2.70 bits per heavy atom. The molecule has 27 heavy (non-hydrogen) atoms. The Morgan fingerprint density at radius 2 is 2.00 bits per heavy atom. The van der Waals surface area contributed by atoms with E-state index in [0.717, 1.165) is 56.3 Å². The second-order valence-electron chi connectivity index (χ2n) is 7.49. The topological polar surface area (TPSA) is 49.3 Å². The Balaban J connectivity index is 1.55. The fourth-order valence-electron chi connectivity index (χ4n) is 3.51. The molecule has 2 aromatic rings. The highest BCUT2D eigenvalue weighted by molar-refractivity contribution is 7.09. The first-order chi connectivity index (χ1) is 13.1. The number of amides is 1. The first kappa shape index (κ1) is 19.8. The molecule has 6 heteroatoms. The third-order valence-electron chi connectivity index (χ3n) is 5.15. The smallest absolute Gasteiger partial charge is 0.222 e. The maximum Gasteiger partial charge on any atom is 0.222 e. The molecule has 5 nitrogen and oxygen atoms in total. The van der Waals surface area contributed by atoms with E-state index in [-0.39, 0.29) is 6.04 Å². The quantitative estimate of drug-likeness (QED) is 0.674. The standard InChI is InChI=1S/C21H30N4OS/c1-4-5-6-7-20(26)25-13-12-24(15-17(25)3)21-22-19(23-27-21)14-18-10-8-16(2)9-11-18/h8-11,17H,4-7,12-15H2,1-3H3/t17-/m1/s1. The van der Waals surface area contributed by atoms with Crippen molar-refractivity contribution in [1.82, 2.24) is 14.3 Å². The maximum atomic E-state index is 12.4. The number of carbonyl (C=O) groups excluding carboxylic acids is 1. The zero-order chi connectivity index (χ0) is 19.2. The van der Waals surface area contributed by atoms with Gasteiger partial charge in [0.15, 0.2) is 0 Å². The number of aryl methyl sites for hydroxylation is 1. The van der Waals surface area contributed by atoms with Crippen LogP contribution in [0.25, 0.3) is 0 Å². The van der Waals surface area contributed by atoms with Gasteiger partial charge in [0.1, 0.15) is 5.82 Å². The molecule has 2 heterocycles. The Morgan fingerprint density at radius 1 is 1.22 bits per heavy atom. The number of carbonyl (C=O) groups is 1. The molecule has 1 aliphatic heterocycles. The van der Waals surface area contributed by atoms with E-state index in [1.165, 1.54) is 22.7 Å². The molecule has 1 aromatic carbocycles. The third-order valence-corrected chi connectivity index (χ3v) is 5.97. The molecule has 0 N–H and O–H groups in total. The van der Waals surface area contributed by atoms with E-state index in [2.05, 4.69) is 54.3 Å². The summed E-state index contributed by atoms with van der Waals surface area (Å²) in [6.45, 7) is 8.85. The minimum absolute atomic E-state index is 0.220. The van der Waals surface area contributed by atoms with Gasteiger partial charge in [-0.1, -0.05) is 49.6 Å². The number of anilines is 1. The van der Waals surface area contributed by atoms with E-state index >= 15 is 0 Å². The van der Waals surface area contributed by atoms with Crippen molar-refractivity contribution in [3.05, 3.63) is 41.2 Å². The number of rotatable bonds is 7. The summed E-state index contributed by atoms with van der Waals surface area (Å²) in [7, 11) is 0. The summed E-state index contributed by atoms with van der Waals surface area (Å²) >= 11 is 1.47. The van der Waals surface area contributed by atoms with Gasteiger partial charge in [0.05, 0.1) is 0 Å². The van der Waals surface area contributed by atoms with Crippen molar-refractivity contribution < 1.29 is 4.79 Å². The van der Waals surface area contributed by atoms with Crippen LogP contribution in [0.4, 0.5) is 5.13 Å². The maximum absolute atomic E-state index is 12.4. The number of unbranched alkanes of at least 4 members (excludes halogenated alkanes) is 2. The van der Waals surface area contributed by atoms with Gasteiger partial charge in [0, 0.05) is 50.1 Å². The van der Waals surface area contributed by atoms with Gasteiger partial charge < -0.3 is 9.80 Å². The van der Waals surface area contributed by atoms with Crippen LogP contribution in [0, 0.1) is 6.92 Å². The van der Waals surface area contributed by atoms with Crippen molar-refractivity contribution >= 4 is 22.6 Å². The monoisotopic (exact) mass is 386 g/mol. The lowest BCUT2D eigenvalue weighted by molar-refractivity contribution is -0.133. The summed E-state index contributed by atoms with van der Waals surface area (Å²) in [5, 5.41) is 0.974. The van der Waals surface area contributed by atoms with E-state index in [0.29, 0.717) is 12.3 Å². The highest BCUT2D eigenvalue weighted by Crippen LogP contribution is 2.23. The lowest BCUT2D eigenvalue weighted by atomic mass is 10.1. The second-order valence-corrected chi connectivity index (χ2v) is 8.23. The van der Waals surface area contributed by atoms with E-state index in [1.54, 1.807) is 0 Å². The molecule has 1 fully saturated rings. The molecule has 0 unspecified atom stereocenters. The molecule has 0 radical (unpaired) electrons. The third kappa shape index (κ3) is 5.28.